The van der Waals surface area contributed by atoms with Gasteiger partial charge in [0.05, 0.1) is 6.33 Å². The average Bonchev–Trinajstić information content (AvgIpc) is 1.89. The van der Waals surface area contributed by atoms with Crippen LogP contribution < -0.4 is 0 Å². The first-order valence-corrected chi connectivity index (χ1v) is 2.52. The van der Waals surface area contributed by atoms with Crippen molar-refractivity contribution in [2.75, 3.05) is 0 Å². The van der Waals surface area contributed by atoms with Crippen LogP contribution in [0.5, 0.6) is 0 Å². The molecular weight excluding hydrogens is 172 g/mol. The van der Waals surface area contributed by atoms with Crippen LogP contribution in [0.2, 0.25) is 0 Å². The molecule has 5 heteroatoms. The number of hydrogen-bond acceptors (Lipinski definition) is 0. The molecule has 0 aromatic heterocycles. The Labute approximate surface area is 60.8 Å². The molecule has 0 heterocycles. The van der Waals surface area contributed by atoms with Gasteiger partial charge in [0.2, 0.25) is 0 Å². The van der Waals surface area contributed by atoms with Gasteiger partial charge in [-0.15, -0.1) is 0 Å². The Balaban J connectivity index is 0. The zero-order valence-corrected chi connectivity index (χ0v) is 5.80. The molecule has 0 aliphatic rings. The van der Waals surface area contributed by atoms with E-state index in [1.165, 1.54) is 0 Å². The average molecular weight is 177 g/mol. The Morgan fingerprint density at radius 2 is 1.50 bits per heavy atom. The van der Waals surface area contributed by atoms with Gasteiger partial charge in [-0.2, -0.15) is 8.78 Å². The predicted octanol–water partition coefficient (Wildman–Crippen LogP) is 3.75. The molecular formula is C5H5ClF4. The lowest BCUT2D eigenvalue weighted by atomic mass is 10.7. The molecule has 0 N–H and O–H groups in total. The zero-order chi connectivity index (χ0) is 8.57. The molecule has 0 aromatic carbocycles. The quantitative estimate of drug-likeness (QED) is 0.493. The fraction of sp³-hybridized carbons (Fsp3) is 0.200. The van der Waals surface area contributed by atoms with Crippen LogP contribution in [0, 0.1) is 0 Å². The molecule has 0 spiro atoms. The third-order valence-corrected chi connectivity index (χ3v) is 0.403. The van der Waals surface area contributed by atoms with Crippen molar-refractivity contribution in [3.63, 3.8) is 0 Å². The molecule has 0 aliphatic heterocycles. The van der Waals surface area contributed by atoms with Gasteiger partial charge in [0.25, 0.3) is 0 Å². The largest absolute Gasteiger partial charge is 0.301 e. The van der Waals surface area contributed by atoms with E-state index in [0.717, 1.165) is 5.54 Å². The molecule has 0 nitrogen and oxygen atoms in total. The Morgan fingerprint density at radius 1 is 1.30 bits per heavy atom. The van der Waals surface area contributed by atoms with E-state index in [1.807, 2.05) is 0 Å². The second-order valence-corrected chi connectivity index (χ2v) is 1.30. The van der Waals surface area contributed by atoms with Crippen LogP contribution in [-0.2, 0) is 0 Å². The SMILES string of the molecule is CC(F)=C(F)F.FC=CCl. The van der Waals surface area contributed by atoms with Crippen LogP contribution in [0.1, 0.15) is 6.92 Å². The van der Waals surface area contributed by atoms with E-state index in [1.54, 1.807) is 0 Å². The summed E-state index contributed by atoms with van der Waals surface area (Å²) in [5.74, 6) is -1.41. The molecule has 0 radical (unpaired) electrons. The van der Waals surface area contributed by atoms with Crippen molar-refractivity contribution in [2.45, 2.75) is 6.92 Å². The number of rotatable bonds is 0. The highest BCUT2D eigenvalue weighted by atomic mass is 35.5. The zero-order valence-electron chi connectivity index (χ0n) is 5.04. The highest BCUT2D eigenvalue weighted by Gasteiger charge is 1.92. The predicted molar refractivity (Wildman–Crippen MR) is 32.1 cm³/mol. The van der Waals surface area contributed by atoms with Crippen LogP contribution in [-0.4, -0.2) is 0 Å². The third kappa shape index (κ3) is 15.6. The summed E-state index contributed by atoms with van der Waals surface area (Å²) >= 11 is 4.63. The van der Waals surface area contributed by atoms with Crippen molar-refractivity contribution in [2.24, 2.45) is 0 Å². The minimum atomic E-state index is -2.24. The Bertz CT molecular complexity index is 108. The van der Waals surface area contributed by atoms with Gasteiger partial charge in [-0.05, 0) is 6.92 Å². The van der Waals surface area contributed by atoms with Crippen LogP contribution >= 0.6 is 11.6 Å². The summed E-state index contributed by atoms with van der Waals surface area (Å²) in [5.41, 5.74) is 0.806. The van der Waals surface area contributed by atoms with Gasteiger partial charge in [0.1, 0.15) is 0 Å². The maximum atomic E-state index is 11.0. The van der Waals surface area contributed by atoms with Crippen molar-refractivity contribution in [1.29, 1.82) is 0 Å². The van der Waals surface area contributed by atoms with Gasteiger partial charge in [-0.25, -0.2) is 8.78 Å². The standard InChI is InChI=1S/C3H3F3.C2H2ClF/c1-2(4)3(5)6;3-1-2-4/h1H3;1-2H. The summed E-state index contributed by atoms with van der Waals surface area (Å²) < 4.78 is 42.7. The molecule has 0 rings (SSSR count). The van der Waals surface area contributed by atoms with Crippen molar-refractivity contribution in [1.82, 2.24) is 0 Å². The molecule has 0 amide bonds. The maximum Gasteiger partial charge on any atom is 0.301 e. The van der Waals surface area contributed by atoms with Gasteiger partial charge in [-0.3, -0.25) is 0 Å². The molecule has 60 valence electrons. The topological polar surface area (TPSA) is 0 Å². The third-order valence-electron chi connectivity index (χ3n) is 0.308. The molecule has 0 saturated carbocycles. The fourth-order valence-corrected chi connectivity index (χ4v) is 0. The number of hydrogen-bond donors (Lipinski definition) is 0. The molecule has 10 heavy (non-hydrogen) atoms. The smallest absolute Gasteiger partial charge is 0.215 e. The molecule has 0 bridgehead atoms. The van der Waals surface area contributed by atoms with E-state index in [9.17, 15) is 17.6 Å². The summed E-state index contributed by atoms with van der Waals surface area (Å²) in [4.78, 5) is 0. The van der Waals surface area contributed by atoms with Crippen LogP contribution in [0.25, 0.3) is 0 Å². The van der Waals surface area contributed by atoms with E-state index in [0.29, 0.717) is 6.92 Å². The summed E-state index contributed by atoms with van der Waals surface area (Å²) in [5, 5.41) is 0. The minimum absolute atomic E-state index is 0.265. The monoisotopic (exact) mass is 176 g/mol. The van der Waals surface area contributed by atoms with E-state index < -0.39 is 11.9 Å². The Morgan fingerprint density at radius 3 is 1.50 bits per heavy atom. The molecule has 0 atom stereocenters. The highest BCUT2D eigenvalue weighted by molar-refractivity contribution is 6.25. The first-order chi connectivity index (χ1) is 4.56. The van der Waals surface area contributed by atoms with Gasteiger partial charge in [0.15, 0.2) is 5.83 Å². The lowest BCUT2D eigenvalue weighted by Gasteiger charge is -1.73. The molecule has 0 unspecified atom stereocenters. The fourth-order valence-electron chi connectivity index (χ4n) is 0. The Hall–Kier alpha value is -0.510. The summed E-state index contributed by atoms with van der Waals surface area (Å²) in [7, 11) is 0. The van der Waals surface area contributed by atoms with E-state index >= 15 is 0 Å². The van der Waals surface area contributed by atoms with Crippen molar-refractivity contribution in [3.05, 3.63) is 23.8 Å². The van der Waals surface area contributed by atoms with E-state index in [-0.39, 0.29) is 6.33 Å². The maximum absolute atomic E-state index is 11.0. The summed E-state index contributed by atoms with van der Waals surface area (Å²) in [6.45, 7) is 0.704. The van der Waals surface area contributed by atoms with Gasteiger partial charge < -0.3 is 0 Å². The normalized spacial score (nSPS) is 8.60. The molecule has 0 aliphatic carbocycles. The second-order valence-electron chi connectivity index (χ2n) is 1.05. The molecule has 0 aromatic rings. The first kappa shape index (κ1) is 12.2. The van der Waals surface area contributed by atoms with Crippen LogP contribution in [0.3, 0.4) is 0 Å². The van der Waals surface area contributed by atoms with Crippen molar-refractivity contribution in [3.8, 4) is 0 Å². The lowest BCUT2D eigenvalue weighted by molar-refractivity contribution is 0.380. The van der Waals surface area contributed by atoms with Gasteiger partial charge in [-0.1, -0.05) is 11.6 Å². The van der Waals surface area contributed by atoms with Crippen molar-refractivity contribution >= 4 is 11.6 Å². The second kappa shape index (κ2) is 8.49. The Kier molecular flexibility index (Phi) is 10.4. The van der Waals surface area contributed by atoms with E-state index in [2.05, 4.69) is 11.6 Å². The van der Waals surface area contributed by atoms with Crippen LogP contribution in [0.4, 0.5) is 17.6 Å². The van der Waals surface area contributed by atoms with Crippen molar-refractivity contribution < 1.29 is 17.6 Å². The lowest BCUT2D eigenvalue weighted by Crippen LogP contribution is -1.59. The summed E-state index contributed by atoms with van der Waals surface area (Å²) in [6.07, 6.45) is -1.98. The molecule has 0 saturated heterocycles. The van der Waals surface area contributed by atoms with Crippen LogP contribution in [0.15, 0.2) is 23.8 Å². The number of allylic oxidation sites excluding steroid dienone is 1. The highest BCUT2D eigenvalue weighted by Crippen LogP contribution is 2.05. The number of halogens is 5. The van der Waals surface area contributed by atoms with Gasteiger partial charge in [0, 0.05) is 5.54 Å². The minimum Gasteiger partial charge on any atom is -0.215 e. The summed E-state index contributed by atoms with van der Waals surface area (Å²) in [6, 6.07) is 0. The molecule has 0 fully saturated rings. The first-order valence-electron chi connectivity index (χ1n) is 2.09. The van der Waals surface area contributed by atoms with E-state index in [4.69, 9.17) is 0 Å². The van der Waals surface area contributed by atoms with Gasteiger partial charge >= 0.3 is 6.08 Å².